The minimum atomic E-state index is -3.54. The van der Waals surface area contributed by atoms with Crippen molar-refractivity contribution in [3.05, 3.63) is 23.8 Å². The first kappa shape index (κ1) is 15.5. The molecular weight excluding hydrogens is 264 g/mol. The van der Waals surface area contributed by atoms with Gasteiger partial charge in [0, 0.05) is 6.04 Å². The van der Waals surface area contributed by atoms with E-state index in [9.17, 15) is 8.42 Å². The van der Waals surface area contributed by atoms with Crippen LogP contribution in [0.5, 0.6) is 5.75 Å². The van der Waals surface area contributed by atoms with Crippen molar-refractivity contribution >= 4 is 10.0 Å². The van der Waals surface area contributed by atoms with Crippen molar-refractivity contribution < 1.29 is 13.2 Å². The van der Waals surface area contributed by atoms with Crippen LogP contribution in [0.1, 0.15) is 19.4 Å². The fourth-order valence-corrected chi connectivity index (χ4v) is 2.75. The summed E-state index contributed by atoms with van der Waals surface area (Å²) in [7, 11) is -2.03. The summed E-state index contributed by atoms with van der Waals surface area (Å²) in [4.78, 5) is 0.156. The molecule has 0 spiro atoms. The second-order valence-corrected chi connectivity index (χ2v) is 5.86. The molecule has 0 fully saturated rings. The van der Waals surface area contributed by atoms with E-state index >= 15 is 0 Å². The van der Waals surface area contributed by atoms with Crippen molar-refractivity contribution in [2.45, 2.75) is 24.8 Å². The van der Waals surface area contributed by atoms with Gasteiger partial charge in [0.1, 0.15) is 5.75 Å². The van der Waals surface area contributed by atoms with Crippen molar-refractivity contribution in [1.29, 1.82) is 0 Å². The van der Waals surface area contributed by atoms with Crippen LogP contribution in [0.15, 0.2) is 23.1 Å². The zero-order valence-corrected chi connectivity index (χ0v) is 12.0. The van der Waals surface area contributed by atoms with Crippen molar-refractivity contribution in [2.24, 2.45) is 5.73 Å². The lowest BCUT2D eigenvalue weighted by Gasteiger charge is -2.11. The first-order chi connectivity index (χ1) is 8.90. The Hall–Kier alpha value is -1.55. The normalized spacial score (nSPS) is 11.0. The Morgan fingerprint density at radius 3 is 2.63 bits per heavy atom. The molecule has 0 heterocycles. The second-order valence-electron chi connectivity index (χ2n) is 4.14. The highest BCUT2D eigenvalue weighted by molar-refractivity contribution is 7.89. The molecule has 0 aliphatic rings. The van der Waals surface area contributed by atoms with Gasteiger partial charge < -0.3 is 10.5 Å². The smallest absolute Gasteiger partial charge is 0.240 e. The van der Waals surface area contributed by atoms with Crippen LogP contribution in [0.3, 0.4) is 0 Å². The quantitative estimate of drug-likeness (QED) is 0.796. The Morgan fingerprint density at radius 2 is 2.11 bits per heavy atom. The molecule has 104 valence electrons. The number of hydrogen-bond donors (Lipinski definition) is 2. The highest BCUT2D eigenvalue weighted by Crippen LogP contribution is 2.21. The molecule has 0 aromatic heterocycles. The lowest BCUT2D eigenvalue weighted by Crippen LogP contribution is -2.30. The molecule has 1 aromatic carbocycles. The highest BCUT2D eigenvalue weighted by Gasteiger charge is 2.16. The fourth-order valence-electron chi connectivity index (χ4n) is 1.48. The van der Waals surface area contributed by atoms with Crippen molar-refractivity contribution in [3.63, 3.8) is 0 Å². The molecular formula is C13H18N2O3S. The molecule has 0 radical (unpaired) electrons. The van der Waals surface area contributed by atoms with Gasteiger partial charge in [-0.25, -0.2) is 13.1 Å². The minimum Gasteiger partial charge on any atom is -0.495 e. The first-order valence-corrected chi connectivity index (χ1v) is 7.28. The van der Waals surface area contributed by atoms with Gasteiger partial charge in [-0.3, -0.25) is 0 Å². The van der Waals surface area contributed by atoms with Crippen LogP contribution in [0.2, 0.25) is 0 Å². The molecule has 3 N–H and O–H groups in total. The lowest BCUT2D eigenvalue weighted by molar-refractivity contribution is 0.413. The van der Waals surface area contributed by atoms with Gasteiger partial charge in [-0.2, -0.15) is 0 Å². The van der Waals surface area contributed by atoms with Crippen LogP contribution in [-0.4, -0.2) is 28.1 Å². The number of sulfonamides is 1. The van der Waals surface area contributed by atoms with Crippen LogP contribution in [0.4, 0.5) is 0 Å². The number of rotatable bonds is 4. The van der Waals surface area contributed by atoms with Gasteiger partial charge in [0.2, 0.25) is 10.0 Å². The molecule has 1 aromatic rings. The minimum absolute atomic E-state index is 0.156. The molecule has 0 saturated carbocycles. The number of benzene rings is 1. The summed E-state index contributed by atoms with van der Waals surface area (Å²) in [6.07, 6.45) is 0. The van der Waals surface area contributed by atoms with Crippen molar-refractivity contribution in [1.82, 2.24) is 4.72 Å². The van der Waals surface area contributed by atoms with E-state index in [1.54, 1.807) is 19.9 Å². The van der Waals surface area contributed by atoms with E-state index in [1.807, 2.05) is 0 Å². The molecule has 6 heteroatoms. The topological polar surface area (TPSA) is 81.4 Å². The molecule has 5 nitrogen and oxygen atoms in total. The molecule has 0 atom stereocenters. The summed E-state index contributed by atoms with van der Waals surface area (Å²) < 4.78 is 31.7. The number of nitrogens with one attached hydrogen (secondary N) is 1. The van der Waals surface area contributed by atoms with Gasteiger partial charge in [-0.15, -0.1) is 0 Å². The van der Waals surface area contributed by atoms with Gasteiger partial charge in [-0.05, 0) is 32.0 Å². The Bertz CT molecular complexity index is 598. The average Bonchev–Trinajstić information content (AvgIpc) is 2.34. The fraction of sp³-hybridized carbons (Fsp3) is 0.385. The van der Waals surface area contributed by atoms with E-state index in [4.69, 9.17) is 10.5 Å². The summed E-state index contributed by atoms with van der Waals surface area (Å²) in [6, 6.07) is 4.37. The Balaban J connectivity index is 3.25. The molecule has 0 aliphatic heterocycles. The first-order valence-electron chi connectivity index (χ1n) is 5.80. The number of methoxy groups -OCH3 is 1. The van der Waals surface area contributed by atoms with Crippen molar-refractivity contribution in [2.75, 3.05) is 13.7 Å². The predicted octanol–water partition coefficient (Wildman–Crippen LogP) is 0.692. The third-order valence-electron chi connectivity index (χ3n) is 2.20. The third-order valence-corrected chi connectivity index (χ3v) is 3.85. The molecule has 19 heavy (non-hydrogen) atoms. The zero-order chi connectivity index (χ0) is 14.5. The molecule has 0 unspecified atom stereocenters. The van der Waals surface area contributed by atoms with Crippen LogP contribution in [0.25, 0.3) is 0 Å². The highest BCUT2D eigenvalue weighted by atomic mass is 32.2. The maximum absolute atomic E-state index is 12.0. The summed E-state index contributed by atoms with van der Waals surface area (Å²) >= 11 is 0. The number of nitrogens with two attached hydrogens (primary N) is 1. The van der Waals surface area contributed by atoms with E-state index in [0.29, 0.717) is 11.3 Å². The average molecular weight is 282 g/mol. The Morgan fingerprint density at radius 1 is 1.42 bits per heavy atom. The second kappa shape index (κ2) is 6.57. The maximum atomic E-state index is 12.0. The van der Waals surface area contributed by atoms with E-state index in [2.05, 4.69) is 16.6 Å². The van der Waals surface area contributed by atoms with E-state index < -0.39 is 10.0 Å². The number of hydrogen-bond acceptors (Lipinski definition) is 4. The zero-order valence-electron chi connectivity index (χ0n) is 11.2. The van der Waals surface area contributed by atoms with Crippen LogP contribution in [0, 0.1) is 11.8 Å². The Kier molecular flexibility index (Phi) is 5.36. The van der Waals surface area contributed by atoms with Gasteiger partial charge in [0.05, 0.1) is 24.1 Å². The standard InChI is InChI=1S/C13H18N2O3S/c1-10(2)15-19(16,17)12-6-7-13(18-3)11(9-12)5-4-8-14/h6-7,9-10,15H,8,14H2,1-3H3. The molecule has 0 aliphatic carbocycles. The molecule has 0 saturated heterocycles. The van der Waals surface area contributed by atoms with Crippen molar-refractivity contribution in [3.8, 4) is 17.6 Å². The predicted molar refractivity (Wildman–Crippen MR) is 74.4 cm³/mol. The van der Waals surface area contributed by atoms with Gasteiger partial charge in [-0.1, -0.05) is 11.8 Å². The molecule has 1 rings (SSSR count). The Labute approximate surface area is 114 Å². The van der Waals surface area contributed by atoms with E-state index in [1.165, 1.54) is 19.2 Å². The SMILES string of the molecule is COc1ccc(S(=O)(=O)NC(C)C)cc1C#CCN. The van der Waals surface area contributed by atoms with E-state index in [-0.39, 0.29) is 17.5 Å². The molecule has 0 amide bonds. The summed E-state index contributed by atoms with van der Waals surface area (Å²) in [5.41, 5.74) is 5.81. The maximum Gasteiger partial charge on any atom is 0.240 e. The van der Waals surface area contributed by atoms with Gasteiger partial charge in [0.15, 0.2) is 0 Å². The molecule has 0 bridgehead atoms. The van der Waals surface area contributed by atoms with Crippen LogP contribution in [-0.2, 0) is 10.0 Å². The van der Waals surface area contributed by atoms with Gasteiger partial charge >= 0.3 is 0 Å². The monoisotopic (exact) mass is 282 g/mol. The third kappa shape index (κ3) is 4.24. The van der Waals surface area contributed by atoms with Crippen LogP contribution >= 0.6 is 0 Å². The number of ether oxygens (including phenoxy) is 1. The summed E-state index contributed by atoms with van der Waals surface area (Å²) in [6.45, 7) is 3.72. The van der Waals surface area contributed by atoms with Crippen LogP contribution < -0.4 is 15.2 Å². The lowest BCUT2D eigenvalue weighted by atomic mass is 10.2. The summed E-state index contributed by atoms with van der Waals surface area (Å²) in [5, 5.41) is 0. The van der Waals surface area contributed by atoms with Gasteiger partial charge in [0.25, 0.3) is 0 Å². The summed E-state index contributed by atoms with van der Waals surface area (Å²) in [5.74, 6) is 6.00. The largest absolute Gasteiger partial charge is 0.495 e. The van der Waals surface area contributed by atoms with E-state index in [0.717, 1.165) is 0 Å².